The van der Waals surface area contributed by atoms with E-state index in [4.69, 9.17) is 10.5 Å². The van der Waals surface area contributed by atoms with E-state index >= 15 is 0 Å². The predicted octanol–water partition coefficient (Wildman–Crippen LogP) is 3.99. The van der Waals surface area contributed by atoms with Crippen molar-refractivity contribution in [2.75, 3.05) is 24.2 Å². The Hall–Kier alpha value is -2.93. The molecule has 3 aromatic rings. The number of nitrogens with two attached hydrogens (primary N) is 1. The van der Waals surface area contributed by atoms with Gasteiger partial charge in [-0.1, -0.05) is 11.3 Å². The SMILES string of the molecule is Cc1cc(F)c(C(=O)c2sc(Nc3ccc(S(=O)(=O)NCCOC(C)C)cc3)nc2N)c(F)c1. The molecule has 0 aliphatic heterocycles. The van der Waals surface area contributed by atoms with Gasteiger partial charge in [-0.25, -0.2) is 26.9 Å². The first-order chi connectivity index (χ1) is 16.0. The number of nitrogens with zero attached hydrogens (tertiary/aromatic N) is 1. The molecule has 34 heavy (non-hydrogen) atoms. The van der Waals surface area contributed by atoms with Gasteiger partial charge in [-0.3, -0.25) is 4.79 Å². The van der Waals surface area contributed by atoms with Crippen LogP contribution in [0.2, 0.25) is 0 Å². The number of aromatic nitrogens is 1. The van der Waals surface area contributed by atoms with Crippen LogP contribution in [0.5, 0.6) is 0 Å². The Bertz CT molecular complexity index is 1270. The number of aryl methyl sites for hydroxylation is 1. The van der Waals surface area contributed by atoms with E-state index in [-0.39, 0.29) is 40.0 Å². The Morgan fingerprint density at radius 1 is 1.18 bits per heavy atom. The molecule has 12 heteroatoms. The van der Waals surface area contributed by atoms with Gasteiger partial charge in [0.15, 0.2) is 5.13 Å². The molecule has 0 spiro atoms. The van der Waals surface area contributed by atoms with E-state index in [1.165, 1.54) is 31.2 Å². The number of hydrogen-bond donors (Lipinski definition) is 3. The summed E-state index contributed by atoms with van der Waals surface area (Å²) in [5.74, 6) is -3.05. The van der Waals surface area contributed by atoms with Crippen molar-refractivity contribution < 1.29 is 26.7 Å². The van der Waals surface area contributed by atoms with Crippen LogP contribution in [0.3, 0.4) is 0 Å². The Morgan fingerprint density at radius 3 is 2.38 bits per heavy atom. The molecule has 182 valence electrons. The smallest absolute Gasteiger partial charge is 0.240 e. The topological polar surface area (TPSA) is 123 Å². The van der Waals surface area contributed by atoms with Gasteiger partial charge in [-0.05, 0) is 62.7 Å². The maximum atomic E-state index is 14.2. The van der Waals surface area contributed by atoms with Gasteiger partial charge in [0.1, 0.15) is 22.3 Å². The lowest BCUT2D eigenvalue weighted by Crippen LogP contribution is -2.28. The minimum Gasteiger partial charge on any atom is -0.382 e. The van der Waals surface area contributed by atoms with Crippen LogP contribution in [0.1, 0.15) is 34.6 Å². The van der Waals surface area contributed by atoms with Crippen LogP contribution >= 0.6 is 11.3 Å². The van der Waals surface area contributed by atoms with E-state index in [1.807, 2.05) is 13.8 Å². The molecule has 0 unspecified atom stereocenters. The van der Waals surface area contributed by atoms with E-state index in [2.05, 4.69) is 15.0 Å². The van der Waals surface area contributed by atoms with Crippen LogP contribution in [0.15, 0.2) is 41.3 Å². The molecular formula is C22H24F2N4O4S2. The van der Waals surface area contributed by atoms with Gasteiger partial charge in [0.25, 0.3) is 0 Å². The van der Waals surface area contributed by atoms with E-state index in [0.717, 1.165) is 23.5 Å². The maximum Gasteiger partial charge on any atom is 0.240 e. The molecule has 0 saturated carbocycles. The Kier molecular flexibility index (Phi) is 7.97. The van der Waals surface area contributed by atoms with Crippen molar-refractivity contribution in [3.05, 3.63) is 64.0 Å². The molecule has 0 aliphatic rings. The van der Waals surface area contributed by atoms with E-state index < -0.39 is 33.0 Å². The minimum absolute atomic E-state index is 0.000469. The number of thiazole rings is 1. The van der Waals surface area contributed by atoms with E-state index in [1.54, 1.807) is 0 Å². The zero-order valence-electron chi connectivity index (χ0n) is 18.7. The minimum atomic E-state index is -3.71. The molecule has 0 bridgehead atoms. The Balaban J connectivity index is 1.72. The fraction of sp³-hybridized carbons (Fsp3) is 0.273. The summed E-state index contributed by atoms with van der Waals surface area (Å²) in [6.45, 7) is 5.61. The summed E-state index contributed by atoms with van der Waals surface area (Å²) in [6.07, 6.45) is 0.000469. The summed E-state index contributed by atoms with van der Waals surface area (Å²) in [6, 6.07) is 7.94. The number of ketones is 1. The molecule has 2 aromatic carbocycles. The fourth-order valence-corrected chi connectivity index (χ4v) is 4.84. The summed E-state index contributed by atoms with van der Waals surface area (Å²) in [4.78, 5) is 16.7. The van der Waals surface area contributed by atoms with Crippen molar-refractivity contribution in [2.24, 2.45) is 0 Å². The number of benzene rings is 2. The van der Waals surface area contributed by atoms with E-state index in [9.17, 15) is 22.0 Å². The summed E-state index contributed by atoms with van der Waals surface area (Å²) < 4.78 is 60.9. The first kappa shape index (κ1) is 25.7. The zero-order valence-corrected chi connectivity index (χ0v) is 20.3. The molecule has 0 amide bonds. The number of rotatable bonds is 10. The third kappa shape index (κ3) is 6.14. The lowest BCUT2D eigenvalue weighted by atomic mass is 10.1. The molecule has 8 nitrogen and oxygen atoms in total. The van der Waals surface area contributed by atoms with Gasteiger partial charge in [0, 0.05) is 12.2 Å². The zero-order chi connectivity index (χ0) is 25.0. The molecule has 0 saturated heterocycles. The molecule has 0 aliphatic carbocycles. The van der Waals surface area contributed by atoms with Gasteiger partial charge in [0.2, 0.25) is 15.8 Å². The normalized spacial score (nSPS) is 11.7. The van der Waals surface area contributed by atoms with Crippen molar-refractivity contribution in [1.29, 1.82) is 0 Å². The molecule has 1 heterocycles. The van der Waals surface area contributed by atoms with Gasteiger partial charge in [-0.2, -0.15) is 0 Å². The number of anilines is 3. The number of nitrogen functional groups attached to an aromatic ring is 1. The van der Waals surface area contributed by atoms with Crippen LogP contribution in [-0.4, -0.2) is 38.4 Å². The van der Waals surface area contributed by atoms with Crippen LogP contribution in [0, 0.1) is 18.6 Å². The highest BCUT2D eigenvalue weighted by molar-refractivity contribution is 7.89. The van der Waals surface area contributed by atoms with Crippen molar-refractivity contribution in [3.63, 3.8) is 0 Å². The van der Waals surface area contributed by atoms with Crippen molar-refractivity contribution in [1.82, 2.24) is 9.71 Å². The first-order valence-corrected chi connectivity index (χ1v) is 12.5. The fourth-order valence-electron chi connectivity index (χ4n) is 2.97. The van der Waals surface area contributed by atoms with Crippen LogP contribution in [-0.2, 0) is 14.8 Å². The number of nitrogens with one attached hydrogen (secondary N) is 2. The van der Waals surface area contributed by atoms with E-state index in [0.29, 0.717) is 11.3 Å². The average molecular weight is 511 g/mol. The lowest BCUT2D eigenvalue weighted by molar-refractivity contribution is 0.0834. The molecule has 3 rings (SSSR count). The third-order valence-corrected chi connectivity index (χ3v) is 7.00. The van der Waals surface area contributed by atoms with Crippen LogP contribution in [0.25, 0.3) is 0 Å². The largest absolute Gasteiger partial charge is 0.382 e. The highest BCUT2D eigenvalue weighted by Crippen LogP contribution is 2.31. The van der Waals surface area contributed by atoms with Crippen LogP contribution < -0.4 is 15.8 Å². The maximum absolute atomic E-state index is 14.2. The first-order valence-electron chi connectivity index (χ1n) is 10.2. The highest BCUT2D eigenvalue weighted by atomic mass is 32.2. The second kappa shape index (κ2) is 10.6. The second-order valence-electron chi connectivity index (χ2n) is 7.63. The molecule has 0 fully saturated rings. The lowest BCUT2D eigenvalue weighted by Gasteiger charge is -2.10. The average Bonchev–Trinajstić information content (AvgIpc) is 3.10. The van der Waals surface area contributed by atoms with Gasteiger partial charge >= 0.3 is 0 Å². The summed E-state index contributed by atoms with van der Waals surface area (Å²) in [5.41, 5.74) is 5.93. The summed E-state index contributed by atoms with van der Waals surface area (Å²) in [7, 11) is -3.71. The number of carbonyl (C=O) groups is 1. The van der Waals surface area contributed by atoms with Crippen molar-refractivity contribution in [3.8, 4) is 0 Å². The molecule has 0 atom stereocenters. The third-order valence-electron chi connectivity index (χ3n) is 4.53. The number of hydrogen-bond acceptors (Lipinski definition) is 8. The Labute approximate surface area is 200 Å². The van der Waals surface area contributed by atoms with Gasteiger partial charge in [-0.15, -0.1) is 0 Å². The monoisotopic (exact) mass is 510 g/mol. The Morgan fingerprint density at radius 2 is 1.79 bits per heavy atom. The number of ether oxygens (including phenoxy) is 1. The number of carbonyl (C=O) groups excluding carboxylic acids is 1. The second-order valence-corrected chi connectivity index (χ2v) is 10.4. The van der Waals surface area contributed by atoms with Crippen molar-refractivity contribution >= 4 is 43.8 Å². The predicted molar refractivity (Wildman–Crippen MR) is 127 cm³/mol. The highest BCUT2D eigenvalue weighted by Gasteiger charge is 2.25. The molecule has 1 aromatic heterocycles. The molecule has 4 N–H and O–H groups in total. The molecule has 0 radical (unpaired) electrons. The quantitative estimate of drug-likeness (QED) is 0.278. The standard InChI is InChI=1S/C22H24F2N4O4S2/c1-12(2)32-9-8-26-34(30,31)15-6-4-14(5-7-15)27-22-28-21(25)20(33-22)19(29)18-16(23)10-13(3)11-17(18)24/h4-7,10-12,26H,8-9,25H2,1-3H3,(H,27,28). The summed E-state index contributed by atoms with van der Waals surface area (Å²) >= 11 is 0.830. The van der Waals surface area contributed by atoms with Gasteiger partial charge in [0.05, 0.1) is 23.2 Å². The number of halogens is 2. The van der Waals surface area contributed by atoms with Crippen molar-refractivity contribution in [2.45, 2.75) is 31.8 Å². The summed E-state index contributed by atoms with van der Waals surface area (Å²) in [5, 5.41) is 3.11. The van der Waals surface area contributed by atoms with Gasteiger partial charge < -0.3 is 15.8 Å². The van der Waals surface area contributed by atoms with Crippen LogP contribution in [0.4, 0.5) is 25.4 Å². The number of sulfonamides is 1. The molecular weight excluding hydrogens is 486 g/mol.